The zero-order valence-corrected chi connectivity index (χ0v) is 8.65. The van der Waals surface area contributed by atoms with Crippen molar-refractivity contribution >= 4 is 0 Å². The van der Waals surface area contributed by atoms with Gasteiger partial charge in [0.2, 0.25) is 0 Å². The van der Waals surface area contributed by atoms with E-state index < -0.39 is 0 Å². The highest BCUT2D eigenvalue weighted by molar-refractivity contribution is 5.01. The van der Waals surface area contributed by atoms with Gasteiger partial charge in [0, 0.05) is 5.92 Å². The molecule has 11 heavy (non-hydrogen) atoms. The van der Waals surface area contributed by atoms with Crippen LogP contribution in [0, 0.1) is 29.1 Å². The first-order valence-corrected chi connectivity index (χ1v) is 4.19. The molecule has 0 aromatic carbocycles. The van der Waals surface area contributed by atoms with Crippen LogP contribution in [0.5, 0.6) is 0 Å². The third-order valence-corrected chi connectivity index (χ3v) is 3.27. The van der Waals surface area contributed by atoms with Crippen LogP contribution in [0.15, 0.2) is 0 Å². The molecule has 1 unspecified atom stereocenters. The normalized spacial score (nSPS) is 15.7. The summed E-state index contributed by atoms with van der Waals surface area (Å²) in [5.41, 5.74) is 0.487. The third kappa shape index (κ3) is 1.99. The van der Waals surface area contributed by atoms with Crippen molar-refractivity contribution in [2.75, 3.05) is 0 Å². The molecule has 0 fully saturated rings. The number of terminal acetylenes is 1. The van der Waals surface area contributed by atoms with Crippen LogP contribution in [0.4, 0.5) is 0 Å². The molecule has 0 aliphatic rings. The maximum atomic E-state index is 5.40. The number of hydrogen-bond acceptors (Lipinski definition) is 0. The predicted octanol–water partition coefficient (Wildman–Crippen LogP) is 3.33. The van der Waals surface area contributed by atoms with Gasteiger partial charge in [-0.05, 0) is 10.8 Å². The van der Waals surface area contributed by atoms with Gasteiger partial charge in [0.05, 0.1) is 0 Å². The van der Waals surface area contributed by atoms with Crippen molar-refractivity contribution in [3.05, 3.63) is 0 Å². The second-order valence-electron chi connectivity index (χ2n) is 4.86. The van der Waals surface area contributed by atoms with Gasteiger partial charge in [-0.2, -0.15) is 0 Å². The predicted molar refractivity (Wildman–Crippen MR) is 51.2 cm³/mol. The van der Waals surface area contributed by atoms with Crippen LogP contribution in [0.25, 0.3) is 0 Å². The largest absolute Gasteiger partial charge is 0.120 e. The van der Waals surface area contributed by atoms with Crippen LogP contribution in [-0.2, 0) is 0 Å². The summed E-state index contributed by atoms with van der Waals surface area (Å²) in [5, 5.41) is 0. The summed E-state index contributed by atoms with van der Waals surface area (Å²) in [6, 6.07) is 0. The summed E-state index contributed by atoms with van der Waals surface area (Å²) in [5.74, 6) is 3.15. The van der Waals surface area contributed by atoms with Gasteiger partial charge in [-0.3, -0.25) is 0 Å². The molecule has 64 valence electrons. The van der Waals surface area contributed by atoms with E-state index in [-0.39, 0.29) is 10.8 Å². The number of rotatable bonds is 1. The zero-order valence-electron chi connectivity index (χ0n) is 8.65. The molecular formula is C11H20. The smallest absolute Gasteiger partial charge is 0.0228 e. The molecule has 1 atom stereocenters. The Morgan fingerprint density at radius 1 is 1.09 bits per heavy atom. The lowest BCUT2D eigenvalue weighted by molar-refractivity contribution is 0.0921. The van der Waals surface area contributed by atoms with E-state index in [1.54, 1.807) is 0 Å². The van der Waals surface area contributed by atoms with E-state index in [1.165, 1.54) is 0 Å². The van der Waals surface area contributed by atoms with Gasteiger partial charge in [0.1, 0.15) is 0 Å². The van der Waals surface area contributed by atoms with Crippen molar-refractivity contribution in [2.24, 2.45) is 16.7 Å². The van der Waals surface area contributed by atoms with Gasteiger partial charge in [-0.1, -0.05) is 41.5 Å². The molecule has 0 aliphatic heterocycles. The fraction of sp³-hybridized carbons (Fsp3) is 0.818. The Bertz CT molecular complexity index is 161. The Morgan fingerprint density at radius 2 is 1.45 bits per heavy atom. The second kappa shape index (κ2) is 2.89. The van der Waals surface area contributed by atoms with Crippen molar-refractivity contribution in [3.8, 4) is 12.3 Å². The first-order valence-electron chi connectivity index (χ1n) is 4.19. The lowest BCUT2D eigenvalue weighted by Crippen LogP contribution is -2.35. The van der Waals surface area contributed by atoms with Crippen molar-refractivity contribution in [3.63, 3.8) is 0 Å². The molecule has 0 aromatic heterocycles. The molecule has 0 N–H and O–H groups in total. The molecule has 0 radical (unpaired) electrons. The van der Waals surface area contributed by atoms with Crippen molar-refractivity contribution < 1.29 is 0 Å². The third-order valence-electron chi connectivity index (χ3n) is 3.27. The van der Waals surface area contributed by atoms with Crippen LogP contribution in [0.3, 0.4) is 0 Å². The summed E-state index contributed by atoms with van der Waals surface area (Å²) >= 11 is 0. The summed E-state index contributed by atoms with van der Waals surface area (Å²) in [4.78, 5) is 0. The molecule has 0 rings (SSSR count). The van der Waals surface area contributed by atoms with E-state index in [0.29, 0.717) is 5.92 Å². The molecule has 0 heterocycles. The van der Waals surface area contributed by atoms with E-state index in [4.69, 9.17) is 6.42 Å². The Hall–Kier alpha value is -0.440. The maximum absolute atomic E-state index is 5.40. The van der Waals surface area contributed by atoms with Crippen LogP contribution >= 0.6 is 0 Å². The van der Waals surface area contributed by atoms with Crippen molar-refractivity contribution in [2.45, 2.75) is 41.5 Å². The zero-order chi connectivity index (χ0) is 9.28. The minimum atomic E-state index is 0.210. The average Bonchev–Trinajstić information content (AvgIpc) is 1.83. The lowest BCUT2D eigenvalue weighted by atomic mass is 9.63. The molecule has 0 spiro atoms. The molecule has 0 nitrogen and oxygen atoms in total. The summed E-state index contributed by atoms with van der Waals surface area (Å²) < 4.78 is 0. The SMILES string of the molecule is C#CC(C)C(C)(C)C(C)(C)C. The Kier molecular flexibility index (Phi) is 2.78. The second-order valence-corrected chi connectivity index (χ2v) is 4.86. The lowest BCUT2D eigenvalue weighted by Gasteiger charge is -2.41. The van der Waals surface area contributed by atoms with Crippen LogP contribution < -0.4 is 0 Å². The van der Waals surface area contributed by atoms with Gasteiger partial charge < -0.3 is 0 Å². The van der Waals surface area contributed by atoms with Gasteiger partial charge >= 0.3 is 0 Å². The quantitative estimate of drug-likeness (QED) is 0.506. The highest BCUT2D eigenvalue weighted by Crippen LogP contribution is 2.43. The minimum Gasteiger partial charge on any atom is -0.120 e. The van der Waals surface area contributed by atoms with Crippen molar-refractivity contribution in [1.82, 2.24) is 0 Å². The molecule has 0 saturated heterocycles. The molecule has 0 saturated carbocycles. The van der Waals surface area contributed by atoms with Gasteiger partial charge in [-0.25, -0.2) is 0 Å². The van der Waals surface area contributed by atoms with Crippen LogP contribution in [-0.4, -0.2) is 0 Å². The van der Waals surface area contributed by atoms with Gasteiger partial charge in [-0.15, -0.1) is 12.3 Å². The molecular weight excluding hydrogens is 132 g/mol. The summed E-state index contributed by atoms with van der Waals surface area (Å²) in [6.07, 6.45) is 5.40. The average molecular weight is 152 g/mol. The Morgan fingerprint density at radius 3 is 1.55 bits per heavy atom. The van der Waals surface area contributed by atoms with Crippen molar-refractivity contribution in [1.29, 1.82) is 0 Å². The van der Waals surface area contributed by atoms with E-state index in [1.807, 2.05) is 0 Å². The minimum absolute atomic E-state index is 0.210. The molecule has 0 bridgehead atoms. The molecule has 0 aromatic rings. The highest BCUT2D eigenvalue weighted by atomic mass is 14.4. The van der Waals surface area contributed by atoms with E-state index >= 15 is 0 Å². The first-order chi connectivity index (χ1) is 4.73. The summed E-state index contributed by atoms with van der Waals surface area (Å²) in [6.45, 7) is 13.3. The van der Waals surface area contributed by atoms with Crippen LogP contribution in [0.1, 0.15) is 41.5 Å². The first kappa shape index (κ1) is 10.6. The Labute approximate surface area is 71.4 Å². The van der Waals surface area contributed by atoms with Crippen LogP contribution in [0.2, 0.25) is 0 Å². The topological polar surface area (TPSA) is 0 Å². The maximum Gasteiger partial charge on any atom is 0.0228 e. The van der Waals surface area contributed by atoms with E-state index in [9.17, 15) is 0 Å². The van der Waals surface area contributed by atoms with E-state index in [0.717, 1.165) is 0 Å². The van der Waals surface area contributed by atoms with E-state index in [2.05, 4.69) is 47.5 Å². The van der Waals surface area contributed by atoms with Gasteiger partial charge in [0.15, 0.2) is 0 Å². The molecule has 0 amide bonds. The monoisotopic (exact) mass is 152 g/mol. The fourth-order valence-electron chi connectivity index (χ4n) is 0.858. The van der Waals surface area contributed by atoms with Gasteiger partial charge in [0.25, 0.3) is 0 Å². The molecule has 0 heteroatoms. The number of hydrogen-bond donors (Lipinski definition) is 0. The fourth-order valence-corrected chi connectivity index (χ4v) is 0.858. The summed E-state index contributed by atoms with van der Waals surface area (Å²) in [7, 11) is 0. The molecule has 0 aliphatic carbocycles. The Balaban J connectivity index is 4.62. The standard InChI is InChI=1S/C11H20/c1-8-9(2)11(6,7)10(3,4)5/h1,9H,2-7H3. The highest BCUT2D eigenvalue weighted by Gasteiger charge is 2.36.